The van der Waals surface area contributed by atoms with Gasteiger partial charge in [-0.2, -0.15) is 0 Å². The third-order valence-corrected chi connectivity index (χ3v) is 14.6. The van der Waals surface area contributed by atoms with E-state index in [-0.39, 0.29) is 5.92 Å². The maximum atomic E-state index is 6.75. The fourth-order valence-corrected chi connectivity index (χ4v) is 12.1. The fraction of sp³-hybridized carbons (Fsp3) is 0.0333. The van der Waals surface area contributed by atoms with Crippen LogP contribution in [0.3, 0.4) is 0 Å². The minimum atomic E-state index is -0.608. The van der Waals surface area contributed by atoms with Gasteiger partial charge in [-0.25, -0.2) is 0 Å². The lowest BCUT2D eigenvalue weighted by atomic mass is 9.66. The molecule has 1 aliphatic heterocycles. The highest BCUT2D eigenvalue weighted by Gasteiger charge is 2.52. The van der Waals surface area contributed by atoms with Gasteiger partial charge in [-0.05, 0) is 86.6 Å². The van der Waals surface area contributed by atoms with Crippen molar-refractivity contribution < 1.29 is 4.74 Å². The van der Waals surface area contributed by atoms with E-state index >= 15 is 0 Å². The first kappa shape index (κ1) is 36.0. The molecule has 2 aliphatic rings. The quantitative estimate of drug-likeness (QED) is 0.155. The number of rotatable bonds is 6. The van der Waals surface area contributed by atoms with Crippen LogP contribution < -0.4 is 9.64 Å². The van der Waals surface area contributed by atoms with Crippen molar-refractivity contribution in [3.05, 3.63) is 269 Å². The molecule has 0 saturated carbocycles. The molecular formula is C60H39NOS. The molecule has 63 heavy (non-hydrogen) atoms. The van der Waals surface area contributed by atoms with Gasteiger partial charge in [0, 0.05) is 42.8 Å². The van der Waals surface area contributed by atoms with E-state index in [4.69, 9.17) is 4.74 Å². The summed E-state index contributed by atoms with van der Waals surface area (Å²) in [6.45, 7) is 0. The van der Waals surface area contributed by atoms with E-state index in [1.807, 2.05) is 11.3 Å². The maximum absolute atomic E-state index is 6.75. The van der Waals surface area contributed by atoms with Gasteiger partial charge in [0.25, 0.3) is 0 Å². The lowest BCUT2D eigenvalue weighted by molar-refractivity contribution is 0.436. The van der Waals surface area contributed by atoms with Gasteiger partial charge in [0.1, 0.15) is 11.5 Å². The Morgan fingerprint density at radius 2 is 0.952 bits per heavy atom. The molecule has 0 bridgehead atoms. The van der Waals surface area contributed by atoms with Crippen molar-refractivity contribution in [3.8, 4) is 22.6 Å². The normalized spacial score (nSPS) is 13.2. The van der Waals surface area contributed by atoms with Crippen LogP contribution in [0.25, 0.3) is 42.1 Å². The molecule has 10 aromatic carbocycles. The van der Waals surface area contributed by atoms with Gasteiger partial charge in [-0.15, -0.1) is 11.3 Å². The van der Waals surface area contributed by atoms with Crippen molar-refractivity contribution in [3.63, 3.8) is 0 Å². The minimum absolute atomic E-state index is 0.0703. The number of ether oxygens (including phenoxy) is 1. The molecule has 0 fully saturated rings. The smallest absolute Gasteiger partial charge is 0.132 e. The highest BCUT2D eigenvalue weighted by Crippen LogP contribution is 2.64. The van der Waals surface area contributed by atoms with Crippen LogP contribution in [0.5, 0.6) is 11.5 Å². The number of para-hydroxylation sites is 2. The summed E-state index contributed by atoms with van der Waals surface area (Å²) in [6.07, 6.45) is 0. The average molecular weight is 822 g/mol. The standard InChI is InChI=1S/C60H39NOS/c1-3-20-40(21-4-1)56(41-22-5-2-6-23-41)59-42-24-8-7-19-39(42)37-38-51(59)61(50-32-18-36-55-58(50)44-26-10-16-35-54(44)63-55)49-31-17-30-48-57(49)43-25-9-11-27-45(43)60(48)46-28-12-14-33-52(46)62-53-34-15-13-29-47(53)60/h1-38,56H. The average Bonchev–Trinajstić information content (AvgIpc) is 3.88. The number of benzene rings is 10. The van der Waals surface area contributed by atoms with E-state index in [0.717, 1.165) is 39.7 Å². The van der Waals surface area contributed by atoms with E-state index in [1.54, 1.807) is 0 Å². The van der Waals surface area contributed by atoms with Crippen molar-refractivity contribution in [1.82, 2.24) is 0 Å². The van der Waals surface area contributed by atoms with Crippen LogP contribution in [0.15, 0.2) is 231 Å². The van der Waals surface area contributed by atoms with Gasteiger partial charge < -0.3 is 9.64 Å². The van der Waals surface area contributed by atoms with Gasteiger partial charge in [0.2, 0.25) is 0 Å². The number of thiophene rings is 1. The van der Waals surface area contributed by atoms with Gasteiger partial charge in [-0.3, -0.25) is 0 Å². The topological polar surface area (TPSA) is 12.5 Å². The van der Waals surface area contributed by atoms with E-state index in [2.05, 4.69) is 235 Å². The molecule has 1 aliphatic carbocycles. The van der Waals surface area contributed by atoms with Crippen molar-refractivity contribution in [2.24, 2.45) is 0 Å². The van der Waals surface area contributed by atoms with E-state index in [0.29, 0.717) is 0 Å². The largest absolute Gasteiger partial charge is 0.457 e. The van der Waals surface area contributed by atoms with Crippen LogP contribution in [-0.2, 0) is 5.41 Å². The van der Waals surface area contributed by atoms with Crippen LogP contribution in [0.4, 0.5) is 17.1 Å². The summed E-state index contributed by atoms with van der Waals surface area (Å²) in [6, 6.07) is 84.9. The lowest BCUT2D eigenvalue weighted by Crippen LogP contribution is -2.32. The SMILES string of the molecule is c1ccc(C(c2ccccc2)c2c(N(c3cccc4c3-c3ccccc3C43c4ccccc4Oc4ccccc43)c3cccc4sc5ccccc5c34)ccc3ccccc23)cc1. The summed E-state index contributed by atoms with van der Waals surface area (Å²) in [4.78, 5) is 2.62. The van der Waals surface area contributed by atoms with Gasteiger partial charge in [0.05, 0.1) is 22.5 Å². The molecule has 0 saturated heterocycles. The third kappa shape index (κ3) is 5.24. The summed E-state index contributed by atoms with van der Waals surface area (Å²) in [7, 11) is 0. The monoisotopic (exact) mass is 821 g/mol. The molecule has 0 unspecified atom stereocenters. The third-order valence-electron chi connectivity index (χ3n) is 13.5. The Labute approximate surface area is 370 Å². The summed E-state index contributed by atoms with van der Waals surface area (Å²) in [5, 5.41) is 4.97. The highest BCUT2D eigenvalue weighted by atomic mass is 32.1. The zero-order chi connectivity index (χ0) is 41.5. The molecule has 1 spiro atoms. The van der Waals surface area contributed by atoms with Crippen molar-refractivity contribution in [1.29, 1.82) is 0 Å². The Balaban J connectivity index is 1.20. The lowest BCUT2D eigenvalue weighted by Gasteiger charge is -2.39. The van der Waals surface area contributed by atoms with Crippen LogP contribution in [-0.4, -0.2) is 0 Å². The van der Waals surface area contributed by atoms with Gasteiger partial charge in [-0.1, -0.05) is 188 Å². The van der Waals surface area contributed by atoms with E-state index < -0.39 is 5.41 Å². The molecule has 13 rings (SSSR count). The van der Waals surface area contributed by atoms with Crippen molar-refractivity contribution in [2.45, 2.75) is 11.3 Å². The van der Waals surface area contributed by atoms with Crippen molar-refractivity contribution >= 4 is 59.3 Å². The van der Waals surface area contributed by atoms with Crippen LogP contribution >= 0.6 is 11.3 Å². The number of fused-ring (bicyclic) bond motifs is 13. The Morgan fingerprint density at radius 3 is 1.70 bits per heavy atom. The van der Waals surface area contributed by atoms with Crippen LogP contribution in [0.1, 0.15) is 44.9 Å². The van der Waals surface area contributed by atoms with Crippen molar-refractivity contribution in [2.75, 3.05) is 4.90 Å². The summed E-state index contributed by atoms with van der Waals surface area (Å²) < 4.78 is 9.29. The van der Waals surface area contributed by atoms with Gasteiger partial charge >= 0.3 is 0 Å². The second-order valence-electron chi connectivity index (χ2n) is 16.6. The number of hydrogen-bond acceptors (Lipinski definition) is 3. The Bertz CT molecular complexity index is 3490. The fourth-order valence-electron chi connectivity index (χ4n) is 11.0. The molecule has 2 nitrogen and oxygen atoms in total. The second-order valence-corrected chi connectivity index (χ2v) is 17.7. The molecule has 0 N–H and O–H groups in total. The number of anilines is 3. The van der Waals surface area contributed by atoms with E-state index in [1.165, 1.54) is 69.9 Å². The molecule has 11 aromatic rings. The predicted molar refractivity (Wildman–Crippen MR) is 263 cm³/mol. The molecule has 1 aromatic heterocycles. The molecule has 2 heterocycles. The molecule has 0 atom stereocenters. The first-order valence-corrected chi connectivity index (χ1v) is 22.5. The molecule has 0 radical (unpaired) electrons. The summed E-state index contributed by atoms with van der Waals surface area (Å²) in [5.41, 5.74) is 13.9. The summed E-state index contributed by atoms with van der Waals surface area (Å²) in [5.74, 6) is 1.71. The molecule has 296 valence electrons. The molecule has 3 heteroatoms. The number of nitrogens with zero attached hydrogens (tertiary/aromatic N) is 1. The van der Waals surface area contributed by atoms with Crippen LogP contribution in [0, 0.1) is 0 Å². The predicted octanol–water partition coefficient (Wildman–Crippen LogP) is 16.3. The zero-order valence-corrected chi connectivity index (χ0v) is 35.1. The Morgan fingerprint density at radius 1 is 0.397 bits per heavy atom. The molecule has 0 amide bonds. The highest BCUT2D eigenvalue weighted by molar-refractivity contribution is 7.26. The minimum Gasteiger partial charge on any atom is -0.457 e. The second kappa shape index (κ2) is 14.2. The number of hydrogen-bond donors (Lipinski definition) is 0. The summed E-state index contributed by atoms with van der Waals surface area (Å²) >= 11 is 1.87. The van der Waals surface area contributed by atoms with Gasteiger partial charge in [0.15, 0.2) is 0 Å². The Kier molecular flexibility index (Phi) is 8.09. The first-order chi connectivity index (χ1) is 31.3. The zero-order valence-electron chi connectivity index (χ0n) is 34.3. The maximum Gasteiger partial charge on any atom is 0.132 e. The Hall–Kier alpha value is -7.72. The van der Waals surface area contributed by atoms with E-state index in [9.17, 15) is 0 Å². The first-order valence-electron chi connectivity index (χ1n) is 21.7. The van der Waals surface area contributed by atoms with Crippen LogP contribution in [0.2, 0.25) is 0 Å². The molecular weight excluding hydrogens is 783 g/mol.